The average molecular weight is 332 g/mol. The van der Waals surface area contributed by atoms with Crippen molar-refractivity contribution in [2.75, 3.05) is 13.1 Å². The predicted octanol–water partition coefficient (Wildman–Crippen LogP) is 2.15. The van der Waals surface area contributed by atoms with Crippen LogP contribution in [0.2, 0.25) is 0 Å². The fourth-order valence-electron chi connectivity index (χ4n) is 1.75. The van der Waals surface area contributed by atoms with Crippen molar-refractivity contribution in [1.29, 1.82) is 0 Å². The molecule has 0 aromatic carbocycles. The summed E-state index contributed by atoms with van der Waals surface area (Å²) in [6.07, 6.45) is 2.35. The Hall–Kier alpha value is -1.21. The van der Waals surface area contributed by atoms with Gasteiger partial charge in [0.05, 0.1) is 15.6 Å². The van der Waals surface area contributed by atoms with E-state index in [9.17, 15) is 14.9 Å². The lowest BCUT2D eigenvalue weighted by molar-refractivity contribution is -0.385. The second-order valence-corrected chi connectivity index (χ2v) is 5.42. The summed E-state index contributed by atoms with van der Waals surface area (Å²) in [6, 6.07) is 1.23. The molecule has 0 saturated carbocycles. The molecule has 0 bridgehead atoms. The van der Waals surface area contributed by atoms with E-state index in [1.807, 2.05) is 6.92 Å². The minimum atomic E-state index is -0.499. The third-order valence-electron chi connectivity index (χ3n) is 2.67. The minimum Gasteiger partial charge on any atom is -0.316 e. The summed E-state index contributed by atoms with van der Waals surface area (Å²) in [5.41, 5.74) is -0.326. The molecule has 1 unspecified atom stereocenters. The zero-order valence-electron chi connectivity index (χ0n) is 11.1. The molecule has 6 nitrogen and oxygen atoms in total. The summed E-state index contributed by atoms with van der Waals surface area (Å²) in [7, 11) is 0. The molecule has 0 fully saturated rings. The van der Waals surface area contributed by atoms with E-state index >= 15 is 0 Å². The quantitative estimate of drug-likeness (QED) is 0.471. The summed E-state index contributed by atoms with van der Waals surface area (Å²) in [6.45, 7) is 6.25. The third kappa shape index (κ3) is 4.76. The molecule has 19 heavy (non-hydrogen) atoms. The van der Waals surface area contributed by atoms with Gasteiger partial charge in [-0.3, -0.25) is 14.9 Å². The Balaban J connectivity index is 2.82. The van der Waals surface area contributed by atoms with Gasteiger partial charge in [0.2, 0.25) is 0 Å². The van der Waals surface area contributed by atoms with Gasteiger partial charge in [-0.25, -0.2) is 0 Å². The Kier molecular flexibility index (Phi) is 6.17. The lowest BCUT2D eigenvalue weighted by atomic mass is 10.1. The molecule has 1 heterocycles. The first-order valence-electron chi connectivity index (χ1n) is 6.20. The molecule has 7 heteroatoms. The molecule has 1 rings (SSSR count). The molecule has 0 amide bonds. The second-order valence-electron chi connectivity index (χ2n) is 4.57. The fraction of sp³-hybridized carbons (Fsp3) is 0.583. The van der Waals surface area contributed by atoms with Crippen molar-refractivity contribution >= 4 is 21.6 Å². The Labute approximate surface area is 120 Å². The molecule has 0 aliphatic carbocycles. The molecule has 1 N–H and O–H groups in total. The number of aromatic nitrogens is 1. The van der Waals surface area contributed by atoms with Crippen LogP contribution < -0.4 is 10.9 Å². The molecule has 0 radical (unpaired) electrons. The SMILES string of the molecule is CCCNCC(C)Cn1cc([N+](=O)[O-])cc(Br)c1=O. The van der Waals surface area contributed by atoms with Gasteiger partial charge >= 0.3 is 0 Å². The zero-order valence-corrected chi connectivity index (χ0v) is 12.6. The van der Waals surface area contributed by atoms with Crippen molar-refractivity contribution in [1.82, 2.24) is 9.88 Å². The van der Waals surface area contributed by atoms with Crippen LogP contribution in [0.25, 0.3) is 0 Å². The Morgan fingerprint density at radius 1 is 1.58 bits per heavy atom. The molecule has 106 valence electrons. The average Bonchev–Trinajstić information content (AvgIpc) is 2.34. The van der Waals surface area contributed by atoms with Crippen LogP contribution in [0.5, 0.6) is 0 Å². The summed E-state index contributed by atoms with van der Waals surface area (Å²) in [5.74, 6) is 0.221. The normalized spacial score (nSPS) is 12.4. The van der Waals surface area contributed by atoms with Gasteiger partial charge in [0.15, 0.2) is 0 Å². The molecule has 0 aliphatic heterocycles. The van der Waals surface area contributed by atoms with Crippen LogP contribution in [0.1, 0.15) is 20.3 Å². The van der Waals surface area contributed by atoms with Gasteiger partial charge in [0.25, 0.3) is 11.2 Å². The van der Waals surface area contributed by atoms with Crippen molar-refractivity contribution in [3.8, 4) is 0 Å². The molecule has 0 aliphatic rings. The maximum absolute atomic E-state index is 11.9. The largest absolute Gasteiger partial charge is 0.316 e. The molecular formula is C12H18BrN3O3. The highest BCUT2D eigenvalue weighted by Crippen LogP contribution is 2.14. The number of pyridine rings is 1. The highest BCUT2D eigenvalue weighted by atomic mass is 79.9. The lowest BCUT2D eigenvalue weighted by Crippen LogP contribution is -2.29. The number of halogens is 1. The standard InChI is InChI=1S/C12H18BrN3O3/c1-3-4-14-6-9(2)7-15-8-10(16(18)19)5-11(13)12(15)17/h5,8-9,14H,3-4,6-7H2,1-2H3. The number of nitrogens with zero attached hydrogens (tertiary/aromatic N) is 2. The summed E-state index contributed by atoms with van der Waals surface area (Å²) in [4.78, 5) is 22.2. The van der Waals surface area contributed by atoms with E-state index in [0.717, 1.165) is 19.5 Å². The van der Waals surface area contributed by atoms with E-state index in [-0.39, 0.29) is 21.6 Å². The molecule has 0 spiro atoms. The highest BCUT2D eigenvalue weighted by molar-refractivity contribution is 9.10. The topological polar surface area (TPSA) is 77.2 Å². The summed E-state index contributed by atoms with van der Waals surface area (Å²) < 4.78 is 1.61. The maximum atomic E-state index is 11.9. The van der Waals surface area contributed by atoms with Crippen LogP contribution in [0.3, 0.4) is 0 Å². The Bertz CT molecular complexity index is 501. The van der Waals surface area contributed by atoms with Crippen LogP contribution >= 0.6 is 15.9 Å². The van der Waals surface area contributed by atoms with Crippen LogP contribution in [-0.4, -0.2) is 22.6 Å². The first-order valence-corrected chi connectivity index (χ1v) is 7.00. The van der Waals surface area contributed by atoms with Crippen molar-refractivity contribution in [2.45, 2.75) is 26.8 Å². The maximum Gasteiger partial charge on any atom is 0.286 e. The molecule has 0 saturated heterocycles. The van der Waals surface area contributed by atoms with Crippen molar-refractivity contribution in [2.24, 2.45) is 5.92 Å². The number of hydrogen-bond donors (Lipinski definition) is 1. The monoisotopic (exact) mass is 331 g/mol. The van der Waals surface area contributed by atoms with Crippen LogP contribution in [0.4, 0.5) is 5.69 Å². The van der Waals surface area contributed by atoms with Gasteiger partial charge in [0, 0.05) is 12.6 Å². The van der Waals surface area contributed by atoms with Gasteiger partial charge in [-0.2, -0.15) is 0 Å². The molecule has 1 aromatic heterocycles. The highest BCUT2D eigenvalue weighted by Gasteiger charge is 2.13. The van der Waals surface area contributed by atoms with E-state index in [2.05, 4.69) is 28.2 Å². The Morgan fingerprint density at radius 3 is 2.84 bits per heavy atom. The Morgan fingerprint density at radius 2 is 2.26 bits per heavy atom. The molecule has 1 aromatic rings. The fourth-order valence-corrected chi connectivity index (χ4v) is 2.21. The third-order valence-corrected chi connectivity index (χ3v) is 3.23. The predicted molar refractivity (Wildman–Crippen MR) is 77.4 cm³/mol. The first-order chi connectivity index (χ1) is 8.95. The second kappa shape index (κ2) is 7.40. The van der Waals surface area contributed by atoms with E-state index in [1.165, 1.54) is 16.8 Å². The number of nitro groups is 1. The first kappa shape index (κ1) is 15.8. The van der Waals surface area contributed by atoms with Gasteiger partial charge < -0.3 is 9.88 Å². The van der Waals surface area contributed by atoms with Gasteiger partial charge in [-0.1, -0.05) is 13.8 Å². The van der Waals surface area contributed by atoms with E-state index in [4.69, 9.17) is 0 Å². The lowest BCUT2D eigenvalue weighted by Gasteiger charge is -2.14. The van der Waals surface area contributed by atoms with E-state index in [1.54, 1.807) is 0 Å². The van der Waals surface area contributed by atoms with Crippen LogP contribution in [0.15, 0.2) is 21.5 Å². The van der Waals surface area contributed by atoms with E-state index in [0.29, 0.717) is 6.54 Å². The summed E-state index contributed by atoms with van der Waals surface area (Å²) in [5, 5.41) is 14.0. The van der Waals surface area contributed by atoms with E-state index < -0.39 is 4.92 Å². The zero-order chi connectivity index (χ0) is 14.4. The molecule has 1 atom stereocenters. The van der Waals surface area contributed by atoms with Crippen molar-refractivity contribution in [3.05, 3.63) is 37.2 Å². The number of nitrogens with one attached hydrogen (secondary N) is 1. The number of hydrogen-bond acceptors (Lipinski definition) is 4. The van der Waals surface area contributed by atoms with Gasteiger partial charge in [-0.15, -0.1) is 0 Å². The molecular weight excluding hydrogens is 314 g/mol. The smallest absolute Gasteiger partial charge is 0.286 e. The van der Waals surface area contributed by atoms with Crippen molar-refractivity contribution < 1.29 is 4.92 Å². The van der Waals surface area contributed by atoms with Gasteiger partial charge in [0.1, 0.15) is 0 Å². The summed E-state index contributed by atoms with van der Waals surface area (Å²) >= 11 is 3.07. The number of rotatable bonds is 7. The van der Waals surface area contributed by atoms with Crippen LogP contribution in [-0.2, 0) is 6.54 Å². The van der Waals surface area contributed by atoms with Crippen molar-refractivity contribution in [3.63, 3.8) is 0 Å². The van der Waals surface area contributed by atoms with Gasteiger partial charge in [-0.05, 0) is 41.4 Å². The van der Waals surface area contributed by atoms with Crippen LogP contribution in [0, 0.1) is 16.0 Å². The minimum absolute atomic E-state index is 0.0832.